The lowest BCUT2D eigenvalue weighted by atomic mass is 10.2. The predicted octanol–water partition coefficient (Wildman–Crippen LogP) is 6.43. The summed E-state index contributed by atoms with van der Waals surface area (Å²) in [6, 6.07) is 18.6. The fraction of sp³-hybridized carbons (Fsp3) is 0.174. The van der Waals surface area contributed by atoms with E-state index in [1.54, 1.807) is 25.5 Å². The number of methoxy groups -OCH3 is 1. The monoisotopic (exact) mass is 444 g/mol. The Kier molecular flexibility index (Phi) is 7.82. The Morgan fingerprint density at radius 3 is 2.40 bits per heavy atom. The third kappa shape index (κ3) is 6.05. The van der Waals surface area contributed by atoms with Crippen LogP contribution in [0.3, 0.4) is 0 Å². The molecule has 0 aliphatic rings. The Morgan fingerprint density at radius 1 is 0.900 bits per heavy atom. The summed E-state index contributed by atoms with van der Waals surface area (Å²) >= 11 is 12.0. The van der Waals surface area contributed by atoms with Crippen molar-refractivity contribution in [2.75, 3.05) is 19.1 Å². The molecule has 3 rings (SSSR count). The summed E-state index contributed by atoms with van der Waals surface area (Å²) in [6.07, 6.45) is 1.72. The van der Waals surface area contributed by atoms with Crippen LogP contribution >= 0.6 is 23.2 Å². The van der Waals surface area contributed by atoms with Gasteiger partial charge in [0, 0.05) is 0 Å². The molecule has 0 atom stereocenters. The first kappa shape index (κ1) is 21.8. The molecule has 0 saturated heterocycles. The highest BCUT2D eigenvalue weighted by atomic mass is 35.5. The Labute approximate surface area is 186 Å². The number of hydrazone groups is 1. The van der Waals surface area contributed by atoms with Gasteiger partial charge in [0.2, 0.25) is 0 Å². The van der Waals surface area contributed by atoms with Crippen LogP contribution in [-0.4, -0.2) is 19.9 Å². The van der Waals surface area contributed by atoms with Crippen molar-refractivity contribution in [3.05, 3.63) is 81.8 Å². The quantitative estimate of drug-likeness (QED) is 0.305. The zero-order valence-electron chi connectivity index (χ0n) is 16.7. The van der Waals surface area contributed by atoms with Crippen LogP contribution in [0.4, 0.5) is 5.69 Å². The fourth-order valence-electron chi connectivity index (χ4n) is 2.63. The van der Waals surface area contributed by atoms with E-state index in [2.05, 4.69) is 10.5 Å². The molecule has 0 saturated carbocycles. The molecule has 0 aliphatic heterocycles. The summed E-state index contributed by atoms with van der Waals surface area (Å²) in [5, 5.41) is 5.29. The molecule has 7 heteroatoms. The molecule has 0 radical (unpaired) electrons. The number of ether oxygens (including phenoxy) is 3. The molecular weight excluding hydrogens is 423 g/mol. The molecule has 5 nitrogen and oxygen atoms in total. The number of nitrogens with zero attached hydrogens (tertiary/aromatic N) is 1. The lowest BCUT2D eigenvalue weighted by molar-refractivity contribution is 0.269. The summed E-state index contributed by atoms with van der Waals surface area (Å²) in [7, 11) is 1.63. The van der Waals surface area contributed by atoms with Crippen molar-refractivity contribution >= 4 is 35.1 Å². The maximum absolute atomic E-state index is 6.07. The highest BCUT2D eigenvalue weighted by Gasteiger charge is 2.07. The molecule has 0 bridgehead atoms. The van der Waals surface area contributed by atoms with Crippen molar-refractivity contribution in [2.45, 2.75) is 13.5 Å². The zero-order chi connectivity index (χ0) is 21.3. The van der Waals surface area contributed by atoms with Gasteiger partial charge < -0.3 is 14.2 Å². The first-order chi connectivity index (χ1) is 14.6. The maximum atomic E-state index is 6.07. The molecule has 0 fully saturated rings. The standard InChI is InChI=1S/C23H22Cl2N2O3/c1-3-29-23-13-16(14-26-27-18-6-8-19(28-2)9-7-18)5-11-22(23)30-15-17-4-10-20(24)21(25)12-17/h4-14,27H,3,15H2,1-2H3/b26-14+. The number of benzene rings is 3. The highest BCUT2D eigenvalue weighted by molar-refractivity contribution is 6.42. The summed E-state index contributed by atoms with van der Waals surface area (Å²) in [5.41, 5.74) is 5.64. The minimum Gasteiger partial charge on any atom is -0.497 e. The van der Waals surface area contributed by atoms with Crippen LogP contribution in [0.2, 0.25) is 10.0 Å². The number of anilines is 1. The first-order valence-electron chi connectivity index (χ1n) is 9.35. The fourth-order valence-corrected chi connectivity index (χ4v) is 2.95. The van der Waals surface area contributed by atoms with Gasteiger partial charge in [-0.15, -0.1) is 0 Å². The van der Waals surface area contributed by atoms with Crippen molar-refractivity contribution in [1.29, 1.82) is 0 Å². The van der Waals surface area contributed by atoms with Crippen molar-refractivity contribution in [1.82, 2.24) is 0 Å². The minimum atomic E-state index is 0.351. The smallest absolute Gasteiger partial charge is 0.161 e. The second-order valence-corrected chi connectivity index (χ2v) is 7.09. The Hall–Kier alpha value is -2.89. The van der Waals surface area contributed by atoms with Crippen LogP contribution in [0, 0.1) is 0 Å². The average molecular weight is 445 g/mol. The van der Waals surface area contributed by atoms with Crippen molar-refractivity contribution < 1.29 is 14.2 Å². The van der Waals surface area contributed by atoms with E-state index in [1.165, 1.54) is 0 Å². The van der Waals surface area contributed by atoms with Gasteiger partial charge >= 0.3 is 0 Å². The van der Waals surface area contributed by atoms with Gasteiger partial charge in [0.25, 0.3) is 0 Å². The number of hydrogen-bond donors (Lipinski definition) is 1. The van der Waals surface area contributed by atoms with Gasteiger partial charge in [0.05, 0.1) is 35.7 Å². The molecular formula is C23H22Cl2N2O3. The van der Waals surface area contributed by atoms with E-state index >= 15 is 0 Å². The molecule has 0 spiro atoms. The number of rotatable bonds is 9. The van der Waals surface area contributed by atoms with Crippen LogP contribution in [0.25, 0.3) is 0 Å². The van der Waals surface area contributed by atoms with E-state index in [9.17, 15) is 0 Å². The molecule has 0 heterocycles. The Balaban J connectivity index is 1.66. The molecule has 0 unspecified atom stereocenters. The van der Waals surface area contributed by atoms with E-state index in [1.807, 2.05) is 55.5 Å². The molecule has 1 N–H and O–H groups in total. The van der Waals surface area contributed by atoms with E-state index in [0.717, 1.165) is 22.6 Å². The van der Waals surface area contributed by atoms with Crippen LogP contribution in [0.15, 0.2) is 65.8 Å². The Bertz CT molecular complexity index is 1010. The first-order valence-corrected chi connectivity index (χ1v) is 10.1. The molecule has 0 amide bonds. The lowest BCUT2D eigenvalue weighted by Gasteiger charge is -2.13. The summed E-state index contributed by atoms with van der Waals surface area (Å²) < 4.78 is 16.8. The topological polar surface area (TPSA) is 52.1 Å². The molecule has 156 valence electrons. The predicted molar refractivity (Wildman–Crippen MR) is 123 cm³/mol. The van der Waals surface area contributed by atoms with Gasteiger partial charge in [-0.2, -0.15) is 5.10 Å². The normalized spacial score (nSPS) is 10.8. The van der Waals surface area contributed by atoms with Gasteiger partial charge in [-0.1, -0.05) is 29.3 Å². The maximum Gasteiger partial charge on any atom is 0.161 e. The van der Waals surface area contributed by atoms with Crippen molar-refractivity contribution in [3.8, 4) is 17.2 Å². The zero-order valence-corrected chi connectivity index (χ0v) is 18.2. The van der Waals surface area contributed by atoms with Crippen molar-refractivity contribution in [3.63, 3.8) is 0 Å². The SMILES string of the molecule is CCOc1cc(/C=N/Nc2ccc(OC)cc2)ccc1OCc1ccc(Cl)c(Cl)c1. The number of halogens is 2. The van der Waals surface area contributed by atoms with E-state index in [4.69, 9.17) is 37.4 Å². The number of hydrogen-bond acceptors (Lipinski definition) is 5. The third-order valence-electron chi connectivity index (χ3n) is 4.14. The summed E-state index contributed by atoms with van der Waals surface area (Å²) in [5.74, 6) is 2.08. The van der Waals surface area contributed by atoms with Gasteiger partial charge in [0.15, 0.2) is 11.5 Å². The van der Waals surface area contributed by atoms with Gasteiger partial charge in [-0.3, -0.25) is 5.43 Å². The van der Waals surface area contributed by atoms with Crippen LogP contribution in [0.5, 0.6) is 17.2 Å². The second kappa shape index (κ2) is 10.8. The van der Waals surface area contributed by atoms with E-state index in [-0.39, 0.29) is 0 Å². The largest absolute Gasteiger partial charge is 0.497 e. The molecule has 0 aliphatic carbocycles. The highest BCUT2D eigenvalue weighted by Crippen LogP contribution is 2.30. The van der Waals surface area contributed by atoms with E-state index in [0.29, 0.717) is 34.8 Å². The van der Waals surface area contributed by atoms with Crippen molar-refractivity contribution in [2.24, 2.45) is 5.10 Å². The van der Waals surface area contributed by atoms with Crippen LogP contribution < -0.4 is 19.6 Å². The van der Waals surface area contributed by atoms with Crippen LogP contribution in [0.1, 0.15) is 18.1 Å². The summed E-state index contributed by atoms with van der Waals surface area (Å²) in [6.45, 7) is 2.80. The molecule has 3 aromatic rings. The second-order valence-electron chi connectivity index (χ2n) is 6.27. The summed E-state index contributed by atoms with van der Waals surface area (Å²) in [4.78, 5) is 0. The van der Waals surface area contributed by atoms with Gasteiger partial charge in [0.1, 0.15) is 12.4 Å². The van der Waals surface area contributed by atoms with Gasteiger partial charge in [-0.25, -0.2) is 0 Å². The van der Waals surface area contributed by atoms with Crippen LogP contribution in [-0.2, 0) is 6.61 Å². The third-order valence-corrected chi connectivity index (χ3v) is 4.88. The average Bonchev–Trinajstić information content (AvgIpc) is 2.76. The lowest BCUT2D eigenvalue weighted by Crippen LogP contribution is -2.01. The number of nitrogens with one attached hydrogen (secondary N) is 1. The molecule has 0 aromatic heterocycles. The molecule has 3 aromatic carbocycles. The van der Waals surface area contributed by atoms with Gasteiger partial charge in [-0.05, 0) is 72.6 Å². The molecule has 30 heavy (non-hydrogen) atoms. The minimum absolute atomic E-state index is 0.351. The van der Waals surface area contributed by atoms with E-state index < -0.39 is 0 Å². The Morgan fingerprint density at radius 2 is 1.70 bits per heavy atom.